The van der Waals surface area contributed by atoms with Crippen LogP contribution in [0.15, 0.2) is 53.0 Å². The van der Waals surface area contributed by atoms with Gasteiger partial charge in [-0.15, -0.1) is 0 Å². The van der Waals surface area contributed by atoms with E-state index in [0.717, 1.165) is 23.1 Å². The minimum Gasteiger partial charge on any atom is -0.497 e. The maximum Gasteiger partial charge on any atom is 0.328 e. The van der Waals surface area contributed by atoms with Gasteiger partial charge in [0, 0.05) is 130 Å². The Morgan fingerprint density at radius 3 is 1.60 bits per heavy atom. The van der Waals surface area contributed by atoms with Crippen LogP contribution in [0.25, 0.3) is 0 Å². The van der Waals surface area contributed by atoms with Crippen molar-refractivity contribution in [2.24, 2.45) is 5.73 Å². The molecule has 2 aromatic carbocycles. The summed E-state index contributed by atoms with van der Waals surface area (Å²) in [5.41, 5.74) is 7.23. The van der Waals surface area contributed by atoms with Crippen LogP contribution in [0.4, 0.5) is 0 Å². The molecule has 2 fully saturated rings. The molecule has 10 amide bonds. The van der Waals surface area contributed by atoms with Gasteiger partial charge in [-0.3, -0.25) is 52.8 Å². The van der Waals surface area contributed by atoms with Crippen molar-refractivity contribution in [3.63, 3.8) is 0 Å². The first-order valence-electron chi connectivity index (χ1n) is 32.2. The number of hydrogen-bond donors (Lipinski definition) is 5. The number of unbranched alkanes of at least 4 members (excludes halogenated alkanes) is 1. The first-order valence-corrected chi connectivity index (χ1v) is 33.0. The van der Waals surface area contributed by atoms with Crippen molar-refractivity contribution in [2.45, 2.75) is 84.9 Å². The molecule has 2 aliphatic rings. The number of cyclic esters (lactones) is 1. The summed E-state index contributed by atoms with van der Waals surface area (Å²) in [6, 6.07) is 13.4. The van der Waals surface area contributed by atoms with Gasteiger partial charge in [0.15, 0.2) is 0 Å². The molecule has 0 radical (unpaired) electrons. The number of methoxy groups -OCH3 is 2. The minimum absolute atomic E-state index is 0.0124. The Hall–Kier alpha value is -7.35. The number of nitrogens with two attached hydrogens (primary N) is 1. The van der Waals surface area contributed by atoms with Gasteiger partial charge in [0.25, 0.3) is 0 Å². The molecule has 6 N–H and O–H groups in total. The van der Waals surface area contributed by atoms with Gasteiger partial charge in [-0.25, -0.2) is 4.79 Å². The summed E-state index contributed by atoms with van der Waals surface area (Å²) in [6.45, 7) is 6.89. The van der Waals surface area contributed by atoms with Gasteiger partial charge >= 0.3 is 5.97 Å². The Bertz CT molecular complexity index is 2730. The standard InChI is InChI=1S/C64H100BrN13O16/c1-48(2)93-35-10-27-74(42-59(84)73(26-9-34-90-5)43-61(86)75(28-19-51-11-15-53(65)16-12-51)44-58(83)72(25-8-7-21-66)41-56(81)70-55-20-36-94-64(55)89)60(85)45-77(31-24-69-50(4)80)62(87)47-78(40-52-13-17-54(91-6)18-14-52)63(88)46-76(30-23-68-49(3)79)57(82)39-67-22-29-71-32-37-92-38-33-71/h11-18,48,55,67H,7-10,19-47,66H2,1-6H3,(H,68,79)(H,69,80)(H,70,81). The molecule has 2 heterocycles. The van der Waals surface area contributed by atoms with Crippen LogP contribution in [0.1, 0.15) is 70.9 Å². The van der Waals surface area contributed by atoms with Crippen LogP contribution < -0.4 is 31.7 Å². The molecule has 0 bridgehead atoms. The summed E-state index contributed by atoms with van der Waals surface area (Å²) in [5.74, 6) is -5.66. The highest BCUT2D eigenvalue weighted by Gasteiger charge is 2.33. The molecule has 2 aliphatic heterocycles. The van der Waals surface area contributed by atoms with E-state index < -0.39 is 111 Å². The Labute approximate surface area is 560 Å². The van der Waals surface area contributed by atoms with Gasteiger partial charge in [0.1, 0.15) is 18.3 Å². The average Bonchev–Trinajstić information content (AvgIpc) is 1.03. The van der Waals surface area contributed by atoms with Crippen molar-refractivity contribution in [2.75, 3.05) is 185 Å². The van der Waals surface area contributed by atoms with Crippen LogP contribution >= 0.6 is 15.9 Å². The van der Waals surface area contributed by atoms with Gasteiger partial charge in [0.2, 0.25) is 59.1 Å². The zero-order valence-corrected chi connectivity index (χ0v) is 57.3. The molecule has 0 saturated carbocycles. The highest BCUT2D eigenvalue weighted by molar-refractivity contribution is 9.10. The highest BCUT2D eigenvalue weighted by Crippen LogP contribution is 2.16. The number of morpholine rings is 1. The van der Waals surface area contributed by atoms with E-state index in [-0.39, 0.29) is 117 Å². The zero-order chi connectivity index (χ0) is 68.8. The van der Waals surface area contributed by atoms with Gasteiger partial charge in [0.05, 0.1) is 78.8 Å². The molecule has 2 saturated heterocycles. The highest BCUT2D eigenvalue weighted by atomic mass is 79.9. The molecule has 4 rings (SSSR count). The molecule has 524 valence electrons. The van der Waals surface area contributed by atoms with Crippen molar-refractivity contribution >= 4 is 81.0 Å². The minimum atomic E-state index is -0.860. The number of nitrogens with zero attached hydrogens (tertiary/aromatic N) is 8. The third kappa shape index (κ3) is 31.3. The van der Waals surface area contributed by atoms with E-state index in [9.17, 15) is 52.7 Å². The number of benzene rings is 2. The number of rotatable bonds is 45. The molecule has 2 aromatic rings. The summed E-state index contributed by atoms with van der Waals surface area (Å²) in [5, 5.41) is 11.1. The van der Waals surface area contributed by atoms with E-state index in [4.69, 9.17) is 29.4 Å². The summed E-state index contributed by atoms with van der Waals surface area (Å²) in [7, 11) is 2.99. The first-order chi connectivity index (χ1) is 45.1. The van der Waals surface area contributed by atoms with E-state index in [0.29, 0.717) is 63.4 Å². The fourth-order valence-corrected chi connectivity index (χ4v) is 10.3. The molecular weight excluding hydrogens is 1290 g/mol. The quantitative estimate of drug-likeness (QED) is 0.0401. The van der Waals surface area contributed by atoms with Gasteiger partial charge < -0.3 is 85.0 Å². The van der Waals surface area contributed by atoms with Gasteiger partial charge in [-0.1, -0.05) is 40.2 Å². The Kier molecular flexibility index (Phi) is 37.3. The van der Waals surface area contributed by atoms with E-state index in [1.807, 2.05) is 38.1 Å². The second-order valence-electron chi connectivity index (χ2n) is 23.2. The second kappa shape index (κ2) is 44.3. The average molecular weight is 1390 g/mol. The molecule has 0 aliphatic carbocycles. The normalized spacial score (nSPS) is 13.7. The van der Waals surface area contributed by atoms with Gasteiger partial charge in [-0.05, 0) is 87.9 Å². The summed E-state index contributed by atoms with van der Waals surface area (Å²) in [6.07, 6.45) is 1.91. The van der Waals surface area contributed by atoms with Crippen molar-refractivity contribution in [1.29, 1.82) is 0 Å². The second-order valence-corrected chi connectivity index (χ2v) is 24.1. The number of esters is 1. The molecule has 30 heteroatoms. The first kappa shape index (κ1) is 79.1. The lowest BCUT2D eigenvalue weighted by Gasteiger charge is -2.33. The van der Waals surface area contributed by atoms with Crippen LogP contribution in [-0.2, 0) is 84.7 Å². The van der Waals surface area contributed by atoms with Gasteiger partial charge in [-0.2, -0.15) is 0 Å². The van der Waals surface area contributed by atoms with Crippen LogP contribution in [0.3, 0.4) is 0 Å². The number of carbonyl (C=O) groups excluding carboxylic acids is 11. The van der Waals surface area contributed by atoms with Crippen LogP contribution in [0.5, 0.6) is 5.75 Å². The summed E-state index contributed by atoms with van der Waals surface area (Å²) >= 11 is 3.45. The molecule has 1 atom stereocenters. The third-order valence-corrected chi connectivity index (χ3v) is 15.9. The molecule has 0 spiro atoms. The maximum atomic E-state index is 14.9. The van der Waals surface area contributed by atoms with E-state index in [1.165, 1.54) is 62.4 Å². The number of halogens is 1. The van der Waals surface area contributed by atoms with Crippen molar-refractivity contribution in [3.05, 3.63) is 64.1 Å². The predicted octanol–water partition coefficient (Wildman–Crippen LogP) is -0.783. The number of nitrogens with one attached hydrogen (secondary N) is 4. The number of ether oxygens (including phenoxy) is 5. The molecule has 94 heavy (non-hydrogen) atoms. The Morgan fingerprint density at radius 1 is 0.596 bits per heavy atom. The fraction of sp³-hybridized carbons (Fsp3) is 0.641. The van der Waals surface area contributed by atoms with Crippen LogP contribution in [-0.4, -0.2) is 301 Å². The molecule has 0 aromatic heterocycles. The summed E-state index contributed by atoms with van der Waals surface area (Å²) in [4.78, 5) is 163. The molecular formula is C64H100BrN13O16. The zero-order valence-electron chi connectivity index (χ0n) is 55.7. The van der Waals surface area contributed by atoms with Crippen LogP contribution in [0.2, 0.25) is 0 Å². The lowest BCUT2D eigenvalue weighted by atomic mass is 10.1. The predicted molar refractivity (Wildman–Crippen MR) is 351 cm³/mol. The monoisotopic (exact) mass is 1390 g/mol. The van der Waals surface area contributed by atoms with E-state index >= 15 is 0 Å². The topological polar surface area (TPSA) is 334 Å². The summed E-state index contributed by atoms with van der Waals surface area (Å²) < 4.78 is 27.8. The Balaban J connectivity index is 1.65. The molecule has 29 nitrogen and oxygen atoms in total. The number of amides is 10. The van der Waals surface area contributed by atoms with Crippen LogP contribution in [0, 0.1) is 0 Å². The lowest BCUT2D eigenvalue weighted by molar-refractivity contribution is -0.148. The SMILES string of the molecule is COCCCN(CC(=O)N(CCc1ccc(Br)cc1)CC(=O)N(CCCCN)CC(=O)NC1CCOC1=O)C(=O)CN(CCCOC(C)C)C(=O)CN(CCNC(C)=O)C(=O)CN(Cc1ccc(OC)cc1)C(=O)CN(CCNC(C)=O)C(=O)CNCCN1CCOCC1. The van der Waals surface area contributed by atoms with Crippen molar-refractivity contribution in [3.8, 4) is 5.75 Å². The smallest absolute Gasteiger partial charge is 0.328 e. The number of carbonyl (C=O) groups is 11. The van der Waals surface area contributed by atoms with E-state index in [2.05, 4.69) is 42.1 Å². The Morgan fingerprint density at radius 2 is 1.09 bits per heavy atom. The van der Waals surface area contributed by atoms with E-state index in [1.54, 1.807) is 24.3 Å². The lowest BCUT2D eigenvalue weighted by Crippen LogP contribution is -2.53. The van der Waals surface area contributed by atoms with Crippen molar-refractivity contribution in [1.82, 2.24) is 60.5 Å². The van der Waals surface area contributed by atoms with Crippen molar-refractivity contribution < 1.29 is 76.4 Å². The largest absolute Gasteiger partial charge is 0.497 e. The number of hydrogen-bond acceptors (Lipinski definition) is 19. The third-order valence-electron chi connectivity index (χ3n) is 15.3. The maximum absolute atomic E-state index is 14.9. The molecule has 1 unspecified atom stereocenters. The fourth-order valence-electron chi connectivity index (χ4n) is 9.99.